The van der Waals surface area contributed by atoms with E-state index >= 15 is 0 Å². The highest BCUT2D eigenvalue weighted by molar-refractivity contribution is 8.02. The average molecular weight is 559 g/mol. The monoisotopic (exact) mass is 559 g/mol. The van der Waals surface area contributed by atoms with Crippen LogP contribution in [0.5, 0.6) is 0 Å². The Hall–Kier alpha value is -2.27. The second-order valence-electron chi connectivity index (χ2n) is 6.91. The summed E-state index contributed by atoms with van der Waals surface area (Å²) in [6.07, 6.45) is -28.8. The first kappa shape index (κ1) is 30.8. The molecule has 0 amide bonds. The van der Waals surface area contributed by atoms with Crippen LogP contribution in [0, 0.1) is 0 Å². The smallest absolute Gasteiger partial charge is 0.378 e. The Bertz CT molecular complexity index is 903. The van der Waals surface area contributed by atoms with Crippen molar-refractivity contribution < 1.29 is 71.1 Å². The van der Waals surface area contributed by atoms with Crippen LogP contribution in [-0.2, 0) is 4.79 Å². The molecule has 0 aromatic heterocycles. The van der Waals surface area contributed by atoms with Crippen LogP contribution in [0.3, 0.4) is 0 Å². The van der Waals surface area contributed by atoms with Gasteiger partial charge in [-0.3, -0.25) is 9.59 Å². The number of Topliss-reactive ketones (excluding diaryl/α,β-unsaturated/α-hetero) is 2. The molecule has 0 saturated carbocycles. The van der Waals surface area contributed by atoms with Gasteiger partial charge in [-0.2, -0.15) is 52.7 Å². The second-order valence-corrected chi connectivity index (χ2v) is 8.18. The average Bonchev–Trinajstić information content (AvgIpc) is 2.66. The molecule has 0 saturated heterocycles. The van der Waals surface area contributed by atoms with Gasteiger partial charge in [0.15, 0.2) is 5.78 Å². The molecule has 200 valence electrons. The normalized spacial score (nSPS) is 15.1. The van der Waals surface area contributed by atoms with E-state index in [-0.39, 0.29) is 5.69 Å². The zero-order valence-corrected chi connectivity index (χ0v) is 17.7. The zero-order chi connectivity index (χ0) is 28.0. The Morgan fingerprint density at radius 1 is 0.686 bits per heavy atom. The highest BCUT2D eigenvalue weighted by Crippen LogP contribution is 2.57. The lowest BCUT2D eigenvalue weighted by atomic mass is 9.92. The third-order valence-corrected chi connectivity index (χ3v) is 5.73. The van der Waals surface area contributed by atoms with Gasteiger partial charge < -0.3 is 4.90 Å². The quantitative estimate of drug-likeness (QED) is 0.226. The summed E-state index contributed by atoms with van der Waals surface area (Å²) in [4.78, 5) is 25.8. The van der Waals surface area contributed by atoms with E-state index < -0.39 is 69.5 Å². The van der Waals surface area contributed by atoms with Gasteiger partial charge in [0, 0.05) is 25.3 Å². The van der Waals surface area contributed by atoms with Crippen molar-refractivity contribution in [2.45, 2.75) is 40.6 Å². The zero-order valence-electron chi connectivity index (χ0n) is 16.9. The van der Waals surface area contributed by atoms with Crippen molar-refractivity contribution >= 4 is 29.0 Å². The first-order valence-electron chi connectivity index (χ1n) is 8.51. The molecule has 0 aliphatic rings. The van der Waals surface area contributed by atoms with Gasteiger partial charge >= 0.3 is 35.4 Å². The fraction of sp³-hybridized carbons (Fsp3) is 0.529. The summed E-state index contributed by atoms with van der Waals surface area (Å²) >= 11 is -2.58. The van der Waals surface area contributed by atoms with Crippen molar-refractivity contribution in [3.05, 3.63) is 29.8 Å². The Morgan fingerprint density at radius 2 is 1.06 bits per heavy atom. The lowest BCUT2D eigenvalue weighted by molar-refractivity contribution is -0.324. The van der Waals surface area contributed by atoms with Crippen molar-refractivity contribution in [1.82, 2.24) is 0 Å². The molecule has 1 aromatic carbocycles. The van der Waals surface area contributed by atoms with E-state index in [2.05, 4.69) is 0 Å². The molecule has 1 unspecified atom stereocenters. The van der Waals surface area contributed by atoms with E-state index in [9.17, 15) is 71.1 Å². The molecule has 1 atom stereocenters. The molecule has 0 radical (unpaired) electrons. The molecule has 18 heteroatoms. The lowest BCUT2D eigenvalue weighted by Gasteiger charge is -2.35. The molecular weight excluding hydrogens is 548 g/mol. The molecule has 0 spiro atoms. The Labute approximate surface area is 190 Å². The number of benzene rings is 1. The van der Waals surface area contributed by atoms with Crippen LogP contribution in [0.1, 0.15) is 10.4 Å². The van der Waals surface area contributed by atoms with E-state index in [1.807, 2.05) is 0 Å². The number of carbonyl (C=O) groups is 2. The van der Waals surface area contributed by atoms with Crippen LogP contribution >= 0.6 is 11.8 Å². The molecule has 35 heavy (non-hydrogen) atoms. The highest BCUT2D eigenvalue weighted by atomic mass is 32.2. The maximum atomic E-state index is 14.2. The third-order valence-electron chi connectivity index (χ3n) is 4.27. The van der Waals surface area contributed by atoms with Crippen LogP contribution in [-0.4, -0.2) is 66.3 Å². The molecule has 0 aliphatic carbocycles. The van der Waals surface area contributed by atoms with Gasteiger partial charge in [0.1, 0.15) is 5.25 Å². The number of thioether (sulfide) groups is 1. The van der Waals surface area contributed by atoms with Gasteiger partial charge in [0.2, 0.25) is 5.78 Å². The number of nitrogens with zero attached hydrogens (tertiary/aromatic N) is 1. The number of carbonyl (C=O) groups excluding carboxylic acids is 2. The standard InChI is InChI=1S/C17H11F14NO2S/c1-32(2)8-5-3-7(4-6-8)9(33)10(35-13(19,16(26,27)28)17(29,30)31)11(34)12(18,14(20,21)22)15(23,24)25/h3-6,10H,1-2H3. The maximum Gasteiger partial charge on any atom is 0.441 e. The molecule has 0 heterocycles. The van der Waals surface area contributed by atoms with Crippen LogP contribution in [0.4, 0.5) is 67.2 Å². The molecule has 0 N–H and O–H groups in total. The summed E-state index contributed by atoms with van der Waals surface area (Å²) in [6, 6.07) is 2.76. The minimum atomic E-state index is -7.30. The van der Waals surface area contributed by atoms with E-state index in [0.717, 1.165) is 12.1 Å². The molecule has 1 rings (SSSR count). The number of hydrogen-bond donors (Lipinski definition) is 0. The van der Waals surface area contributed by atoms with Gasteiger partial charge in [0.25, 0.3) is 0 Å². The Kier molecular flexibility index (Phi) is 8.18. The number of halogens is 14. The van der Waals surface area contributed by atoms with Gasteiger partial charge in [-0.25, -0.2) is 8.78 Å². The Morgan fingerprint density at radius 3 is 1.34 bits per heavy atom. The SMILES string of the molecule is CN(C)c1ccc(C(=O)C(SC(F)(C(F)(F)F)C(F)(F)F)C(=O)C(F)(C(F)(F)F)C(F)(F)F)cc1. The summed E-state index contributed by atoms with van der Waals surface area (Å²) in [5, 5.41) is -11.2. The van der Waals surface area contributed by atoms with E-state index in [4.69, 9.17) is 0 Å². The number of hydrogen-bond acceptors (Lipinski definition) is 4. The van der Waals surface area contributed by atoms with Crippen molar-refractivity contribution in [1.29, 1.82) is 0 Å². The van der Waals surface area contributed by atoms with Crippen molar-refractivity contribution in [2.24, 2.45) is 0 Å². The summed E-state index contributed by atoms with van der Waals surface area (Å²) in [5.41, 5.74) is -8.16. The number of anilines is 1. The second kappa shape index (κ2) is 9.31. The minimum Gasteiger partial charge on any atom is -0.378 e. The predicted molar refractivity (Wildman–Crippen MR) is 93.4 cm³/mol. The van der Waals surface area contributed by atoms with Crippen molar-refractivity contribution in [3.8, 4) is 0 Å². The van der Waals surface area contributed by atoms with Crippen molar-refractivity contribution in [2.75, 3.05) is 19.0 Å². The van der Waals surface area contributed by atoms with Crippen LogP contribution in [0.2, 0.25) is 0 Å². The van der Waals surface area contributed by atoms with Gasteiger partial charge in [-0.1, -0.05) is 11.8 Å². The molecule has 3 nitrogen and oxygen atoms in total. The first-order chi connectivity index (χ1) is 15.3. The molecule has 0 bridgehead atoms. The van der Waals surface area contributed by atoms with E-state index in [1.54, 1.807) is 0 Å². The number of rotatable bonds is 7. The molecule has 0 aliphatic heterocycles. The number of alkyl halides is 14. The summed E-state index contributed by atoms with van der Waals surface area (Å²) < 4.78 is 183. The van der Waals surface area contributed by atoms with Crippen LogP contribution in [0.25, 0.3) is 0 Å². The molecular formula is C17H11F14NO2S. The third kappa shape index (κ3) is 5.61. The topological polar surface area (TPSA) is 37.4 Å². The Balaban J connectivity index is 3.85. The fourth-order valence-electron chi connectivity index (χ4n) is 2.38. The van der Waals surface area contributed by atoms with Gasteiger partial charge in [0.05, 0.1) is 0 Å². The summed E-state index contributed by atoms with van der Waals surface area (Å²) in [5.74, 6) is -6.70. The summed E-state index contributed by atoms with van der Waals surface area (Å²) in [7, 11) is 2.76. The maximum absolute atomic E-state index is 14.2. The molecule has 0 fully saturated rings. The highest BCUT2D eigenvalue weighted by Gasteiger charge is 2.80. The van der Waals surface area contributed by atoms with Crippen LogP contribution < -0.4 is 4.90 Å². The van der Waals surface area contributed by atoms with E-state index in [1.165, 1.54) is 19.0 Å². The first-order valence-corrected chi connectivity index (χ1v) is 9.39. The number of ketones is 2. The molecule has 1 aromatic rings. The van der Waals surface area contributed by atoms with Gasteiger partial charge in [-0.15, -0.1) is 0 Å². The van der Waals surface area contributed by atoms with E-state index in [0.29, 0.717) is 12.1 Å². The lowest BCUT2D eigenvalue weighted by Crippen LogP contribution is -2.63. The van der Waals surface area contributed by atoms with Crippen molar-refractivity contribution in [3.63, 3.8) is 0 Å². The fourth-order valence-corrected chi connectivity index (χ4v) is 3.48. The predicted octanol–water partition coefficient (Wildman–Crippen LogP) is 6.23. The summed E-state index contributed by atoms with van der Waals surface area (Å²) in [6.45, 7) is 0. The largest absolute Gasteiger partial charge is 0.441 e. The minimum absolute atomic E-state index is 0.160. The van der Waals surface area contributed by atoms with Gasteiger partial charge in [-0.05, 0) is 24.3 Å². The van der Waals surface area contributed by atoms with Crippen LogP contribution in [0.15, 0.2) is 24.3 Å².